The van der Waals surface area contributed by atoms with Crippen molar-refractivity contribution in [1.29, 1.82) is 0 Å². The van der Waals surface area contributed by atoms with Gasteiger partial charge in [-0.15, -0.1) is 13.2 Å². The molecule has 4 heterocycles. The first kappa shape index (κ1) is 30.8. The van der Waals surface area contributed by atoms with E-state index in [-0.39, 0.29) is 30.1 Å². The summed E-state index contributed by atoms with van der Waals surface area (Å²) in [6.07, 6.45) is 1.91. The molecule has 1 aliphatic heterocycles. The molecule has 0 saturated carbocycles. The maximum atomic E-state index is 13.9. The van der Waals surface area contributed by atoms with Gasteiger partial charge in [0.1, 0.15) is 29.5 Å². The number of alkyl halides is 3. The van der Waals surface area contributed by atoms with E-state index in [0.717, 1.165) is 28.6 Å². The predicted molar refractivity (Wildman–Crippen MR) is 151 cm³/mol. The highest BCUT2D eigenvalue weighted by molar-refractivity contribution is 7.89. The zero-order valence-corrected chi connectivity index (χ0v) is 24.0. The molecule has 1 aromatic carbocycles. The molecule has 1 aliphatic rings. The van der Waals surface area contributed by atoms with Crippen molar-refractivity contribution in [2.75, 3.05) is 24.5 Å². The molecule has 44 heavy (non-hydrogen) atoms. The van der Waals surface area contributed by atoms with Gasteiger partial charge in [0.15, 0.2) is 5.65 Å². The zero-order chi connectivity index (χ0) is 31.5. The summed E-state index contributed by atoms with van der Waals surface area (Å²) in [5.41, 5.74) is 0.950. The molecule has 232 valence electrons. The van der Waals surface area contributed by atoms with Crippen LogP contribution >= 0.6 is 0 Å². The summed E-state index contributed by atoms with van der Waals surface area (Å²) in [4.78, 5) is 46.6. The summed E-state index contributed by atoms with van der Waals surface area (Å²) in [7, 11) is -4.38. The van der Waals surface area contributed by atoms with Gasteiger partial charge in [-0.1, -0.05) is 13.3 Å². The monoisotopic (exact) mass is 632 g/mol. The first-order valence-corrected chi connectivity index (χ1v) is 14.9. The van der Waals surface area contributed by atoms with E-state index in [4.69, 9.17) is 0 Å². The Kier molecular flexibility index (Phi) is 8.78. The van der Waals surface area contributed by atoms with E-state index in [2.05, 4.69) is 35.0 Å². The smallest absolute Gasteiger partial charge is 0.406 e. The summed E-state index contributed by atoms with van der Waals surface area (Å²) in [6, 6.07) is 4.89. The van der Waals surface area contributed by atoms with Crippen molar-refractivity contribution in [3.05, 3.63) is 77.2 Å². The van der Waals surface area contributed by atoms with E-state index in [1.807, 2.05) is 6.92 Å². The van der Waals surface area contributed by atoms with Crippen LogP contribution in [0.25, 0.3) is 11.2 Å². The molecule has 0 radical (unpaired) electrons. The van der Waals surface area contributed by atoms with Crippen LogP contribution in [0.5, 0.6) is 5.75 Å². The van der Waals surface area contributed by atoms with E-state index in [1.54, 1.807) is 11.0 Å². The SMILES string of the molecule is CCCC(NC(=O)[C@H]1CN(c2cnc3cncnc3n2)CCN1S(=O)(=O)c1ccc(OC(F)(F)F)cc1)c1cc[nH]c(=O)c1. The third-order valence-electron chi connectivity index (χ3n) is 6.93. The average molecular weight is 633 g/mol. The van der Waals surface area contributed by atoms with Gasteiger partial charge in [0, 0.05) is 31.9 Å². The van der Waals surface area contributed by atoms with Crippen molar-refractivity contribution in [2.45, 2.75) is 43.1 Å². The number of anilines is 1. The molecule has 4 aromatic rings. The largest absolute Gasteiger partial charge is 0.573 e. The van der Waals surface area contributed by atoms with E-state index in [0.29, 0.717) is 35.4 Å². The standard InChI is InChI=1S/C27H27F3N8O5S/c1-2-3-20(17-8-9-32-24(39)12-17)35-26(40)22-15-37(23-14-33-21-13-31-16-34-25(21)36-23)10-11-38(22)44(41,42)19-6-4-18(5-7-19)43-27(28,29)30/h4-9,12-14,16,20,22H,2-3,10-11,15H2,1H3,(H,32,39)(H,35,40)/t20?,22-/m1/s1. The number of amides is 1. The number of hydrogen-bond acceptors (Lipinski definition) is 10. The Labute approximate surface area is 249 Å². The molecule has 5 rings (SSSR count). The fourth-order valence-electron chi connectivity index (χ4n) is 4.89. The van der Waals surface area contributed by atoms with E-state index in [1.165, 1.54) is 31.0 Å². The van der Waals surface area contributed by atoms with Gasteiger partial charge in [-0.25, -0.2) is 28.4 Å². The maximum absolute atomic E-state index is 13.9. The molecule has 1 saturated heterocycles. The summed E-state index contributed by atoms with van der Waals surface area (Å²) >= 11 is 0. The van der Waals surface area contributed by atoms with Gasteiger partial charge in [0.25, 0.3) is 0 Å². The van der Waals surface area contributed by atoms with Crippen LogP contribution in [0, 0.1) is 0 Å². The first-order chi connectivity index (χ1) is 20.9. The van der Waals surface area contributed by atoms with Gasteiger partial charge in [-0.05, 0) is 42.3 Å². The number of aromatic nitrogens is 5. The molecule has 17 heteroatoms. The zero-order valence-electron chi connectivity index (χ0n) is 23.2. The lowest BCUT2D eigenvalue weighted by Crippen LogP contribution is -2.61. The van der Waals surface area contributed by atoms with Crippen molar-refractivity contribution < 1.29 is 31.1 Å². The number of nitrogens with one attached hydrogen (secondary N) is 2. The van der Waals surface area contributed by atoms with Gasteiger partial charge >= 0.3 is 6.36 Å². The Morgan fingerprint density at radius 3 is 2.64 bits per heavy atom. The molecule has 2 N–H and O–H groups in total. The number of fused-ring (bicyclic) bond motifs is 1. The van der Waals surface area contributed by atoms with Crippen LogP contribution in [-0.2, 0) is 14.8 Å². The normalized spacial score (nSPS) is 16.9. The topological polar surface area (TPSA) is 163 Å². The molecule has 13 nitrogen and oxygen atoms in total. The summed E-state index contributed by atoms with van der Waals surface area (Å²) in [5, 5.41) is 2.90. The molecule has 0 bridgehead atoms. The minimum absolute atomic E-state index is 0.121. The second kappa shape index (κ2) is 12.5. The summed E-state index contributed by atoms with van der Waals surface area (Å²) in [6.45, 7) is 1.74. The molecule has 3 aromatic heterocycles. The number of ether oxygens (including phenoxy) is 1. The molecule has 0 spiro atoms. The van der Waals surface area contributed by atoms with Crippen molar-refractivity contribution >= 4 is 32.9 Å². The Morgan fingerprint density at radius 2 is 1.93 bits per heavy atom. The molecule has 1 fully saturated rings. The highest BCUT2D eigenvalue weighted by atomic mass is 32.2. The molecule has 2 atom stereocenters. The second-order valence-corrected chi connectivity index (χ2v) is 11.8. The number of piperazine rings is 1. The average Bonchev–Trinajstić information content (AvgIpc) is 2.99. The van der Waals surface area contributed by atoms with Gasteiger partial charge in [0.2, 0.25) is 21.5 Å². The quantitative estimate of drug-likeness (QED) is 0.280. The van der Waals surface area contributed by atoms with Crippen LogP contribution in [0.1, 0.15) is 31.4 Å². The molecular formula is C27H27F3N8O5S. The Hall–Kier alpha value is -4.64. The summed E-state index contributed by atoms with van der Waals surface area (Å²) < 4.78 is 70.4. The van der Waals surface area contributed by atoms with E-state index >= 15 is 0 Å². The van der Waals surface area contributed by atoms with Gasteiger partial charge < -0.3 is 19.9 Å². The van der Waals surface area contributed by atoms with Crippen molar-refractivity contribution in [3.8, 4) is 5.75 Å². The lowest BCUT2D eigenvalue weighted by Gasteiger charge is -2.40. The highest BCUT2D eigenvalue weighted by Crippen LogP contribution is 2.28. The Balaban J connectivity index is 1.47. The fraction of sp³-hybridized carbons (Fsp3) is 0.333. The number of hydrogen-bond donors (Lipinski definition) is 2. The number of halogens is 3. The highest BCUT2D eigenvalue weighted by Gasteiger charge is 2.41. The third kappa shape index (κ3) is 6.94. The lowest BCUT2D eigenvalue weighted by molar-refractivity contribution is -0.274. The van der Waals surface area contributed by atoms with Crippen molar-refractivity contribution in [2.24, 2.45) is 0 Å². The Morgan fingerprint density at radius 1 is 1.16 bits per heavy atom. The van der Waals surface area contributed by atoms with Crippen molar-refractivity contribution in [3.63, 3.8) is 0 Å². The van der Waals surface area contributed by atoms with Crippen LogP contribution in [-0.4, -0.2) is 75.6 Å². The third-order valence-corrected chi connectivity index (χ3v) is 8.85. The molecule has 1 amide bonds. The molecular weight excluding hydrogens is 605 g/mol. The number of carbonyl (C=O) groups is 1. The minimum atomic E-state index is -4.95. The number of pyridine rings is 1. The summed E-state index contributed by atoms with van der Waals surface area (Å²) in [5.74, 6) is -0.862. The number of rotatable bonds is 9. The number of carbonyl (C=O) groups excluding carboxylic acids is 1. The van der Waals surface area contributed by atoms with Crippen LogP contribution in [0.3, 0.4) is 0 Å². The van der Waals surface area contributed by atoms with E-state index in [9.17, 15) is 31.2 Å². The first-order valence-electron chi connectivity index (χ1n) is 13.5. The fourth-order valence-corrected chi connectivity index (χ4v) is 6.46. The van der Waals surface area contributed by atoms with Crippen LogP contribution in [0.15, 0.2) is 71.0 Å². The van der Waals surface area contributed by atoms with Gasteiger partial charge in [0.05, 0.1) is 23.3 Å². The van der Waals surface area contributed by atoms with Gasteiger partial charge in [-0.3, -0.25) is 9.59 Å². The van der Waals surface area contributed by atoms with Crippen LogP contribution < -0.4 is 20.5 Å². The van der Waals surface area contributed by atoms with Crippen LogP contribution in [0.4, 0.5) is 19.0 Å². The lowest BCUT2D eigenvalue weighted by atomic mass is 10.0. The predicted octanol–water partition coefficient (Wildman–Crippen LogP) is 2.54. The number of benzene rings is 1. The number of nitrogens with zero attached hydrogens (tertiary/aromatic N) is 6. The molecule has 0 aliphatic carbocycles. The number of H-pyrrole nitrogens is 1. The number of sulfonamides is 1. The number of aromatic amines is 1. The van der Waals surface area contributed by atoms with Crippen LogP contribution in [0.2, 0.25) is 0 Å². The Bertz CT molecular complexity index is 1800. The maximum Gasteiger partial charge on any atom is 0.573 e. The van der Waals surface area contributed by atoms with Gasteiger partial charge in [-0.2, -0.15) is 4.31 Å². The second-order valence-electron chi connectivity index (χ2n) is 9.89. The minimum Gasteiger partial charge on any atom is -0.406 e. The van der Waals surface area contributed by atoms with E-state index < -0.39 is 40.1 Å². The van der Waals surface area contributed by atoms with Crippen molar-refractivity contribution in [1.82, 2.24) is 34.5 Å². The molecule has 1 unspecified atom stereocenters.